The molecule has 1 amide bonds. The van der Waals surface area contributed by atoms with Gasteiger partial charge in [-0.3, -0.25) is 4.79 Å². The van der Waals surface area contributed by atoms with Crippen LogP contribution in [0.15, 0.2) is 42.5 Å². The van der Waals surface area contributed by atoms with Gasteiger partial charge in [0.15, 0.2) is 0 Å². The fourth-order valence-electron chi connectivity index (χ4n) is 1.92. The molecule has 3 N–H and O–H groups in total. The Morgan fingerprint density at radius 1 is 1.21 bits per heavy atom. The third-order valence-electron chi connectivity index (χ3n) is 3.00. The Morgan fingerprint density at radius 2 is 1.95 bits per heavy atom. The van der Waals surface area contributed by atoms with E-state index in [1.807, 2.05) is 6.07 Å². The van der Waals surface area contributed by atoms with Crippen LogP contribution in [0.5, 0.6) is 5.75 Å². The minimum Gasteiger partial charge on any atom is -0.508 e. The molecule has 2 aromatic carbocycles. The zero-order valence-corrected chi connectivity index (χ0v) is 10.9. The zero-order chi connectivity index (χ0) is 14.0. The maximum Gasteiger partial charge on any atom is 0.258 e. The largest absolute Gasteiger partial charge is 0.508 e. The third kappa shape index (κ3) is 2.68. The highest BCUT2D eigenvalue weighted by Gasteiger charge is 2.15. The number of hydrogen-bond acceptors (Lipinski definition) is 3. The van der Waals surface area contributed by atoms with E-state index in [1.165, 1.54) is 11.0 Å². The number of rotatable bonds is 2. The highest BCUT2D eigenvalue weighted by molar-refractivity contribution is 6.06. The number of anilines is 2. The van der Waals surface area contributed by atoms with Crippen molar-refractivity contribution in [1.29, 1.82) is 0 Å². The van der Waals surface area contributed by atoms with Gasteiger partial charge in [-0.05, 0) is 48.9 Å². The summed E-state index contributed by atoms with van der Waals surface area (Å²) in [5, 5.41) is 9.37. The van der Waals surface area contributed by atoms with E-state index >= 15 is 0 Å². The maximum absolute atomic E-state index is 12.4. The summed E-state index contributed by atoms with van der Waals surface area (Å²) in [4.78, 5) is 13.9. The molecule has 0 aliphatic carbocycles. The lowest BCUT2D eigenvalue weighted by Gasteiger charge is -2.19. The van der Waals surface area contributed by atoms with Crippen molar-refractivity contribution in [2.75, 3.05) is 17.7 Å². The number of hydrogen-bond donors (Lipinski definition) is 2. The molecule has 0 saturated heterocycles. The molecule has 2 rings (SSSR count). The molecule has 98 valence electrons. The van der Waals surface area contributed by atoms with Crippen LogP contribution in [0, 0.1) is 6.92 Å². The van der Waals surface area contributed by atoms with Crippen molar-refractivity contribution in [3.8, 4) is 5.75 Å². The molecule has 2 aromatic rings. The van der Waals surface area contributed by atoms with E-state index in [0.29, 0.717) is 11.3 Å². The molecule has 19 heavy (non-hydrogen) atoms. The molecule has 0 saturated carbocycles. The van der Waals surface area contributed by atoms with E-state index in [-0.39, 0.29) is 11.7 Å². The van der Waals surface area contributed by atoms with Crippen molar-refractivity contribution >= 4 is 17.3 Å². The first-order valence-corrected chi connectivity index (χ1v) is 5.92. The average Bonchev–Trinajstić information content (AvgIpc) is 2.37. The number of nitrogens with zero attached hydrogens (tertiary/aromatic N) is 1. The maximum atomic E-state index is 12.4. The summed E-state index contributed by atoms with van der Waals surface area (Å²) in [6, 6.07) is 11.8. The molecular weight excluding hydrogens is 240 g/mol. The lowest BCUT2D eigenvalue weighted by atomic mass is 10.1. The summed E-state index contributed by atoms with van der Waals surface area (Å²) in [5.41, 5.74) is 8.35. The van der Waals surface area contributed by atoms with Crippen LogP contribution in [0.2, 0.25) is 0 Å². The smallest absolute Gasteiger partial charge is 0.258 e. The number of phenols is 1. The minimum absolute atomic E-state index is 0.136. The Labute approximate surface area is 112 Å². The molecule has 4 nitrogen and oxygen atoms in total. The number of phenolic OH excluding ortho intramolecular Hbond substituents is 1. The van der Waals surface area contributed by atoms with Crippen LogP contribution in [0.25, 0.3) is 0 Å². The minimum atomic E-state index is -0.136. The Morgan fingerprint density at radius 3 is 2.58 bits per heavy atom. The molecule has 0 aliphatic heterocycles. The second kappa shape index (κ2) is 5.02. The Hall–Kier alpha value is -2.49. The Bertz CT molecular complexity index is 623. The van der Waals surface area contributed by atoms with Gasteiger partial charge in [0, 0.05) is 24.0 Å². The van der Waals surface area contributed by atoms with Crippen LogP contribution >= 0.6 is 0 Å². The number of aryl methyl sites for hydroxylation is 1. The number of carbonyl (C=O) groups excluding carboxylic acids is 1. The fourth-order valence-corrected chi connectivity index (χ4v) is 1.92. The molecule has 0 spiro atoms. The van der Waals surface area contributed by atoms with Crippen molar-refractivity contribution < 1.29 is 9.90 Å². The van der Waals surface area contributed by atoms with E-state index in [9.17, 15) is 9.90 Å². The van der Waals surface area contributed by atoms with Crippen LogP contribution < -0.4 is 10.6 Å². The predicted molar refractivity (Wildman–Crippen MR) is 76.4 cm³/mol. The molecule has 0 heterocycles. The van der Waals surface area contributed by atoms with Crippen molar-refractivity contribution in [1.82, 2.24) is 0 Å². The van der Waals surface area contributed by atoms with E-state index in [2.05, 4.69) is 0 Å². The predicted octanol–water partition coefficient (Wildman–Crippen LogP) is 2.56. The number of carbonyl (C=O) groups is 1. The first kappa shape index (κ1) is 13.0. The number of amides is 1. The number of aromatic hydroxyl groups is 1. The first-order valence-electron chi connectivity index (χ1n) is 5.92. The van der Waals surface area contributed by atoms with E-state index < -0.39 is 0 Å². The molecule has 0 aromatic heterocycles. The third-order valence-corrected chi connectivity index (χ3v) is 3.00. The fraction of sp³-hybridized carbons (Fsp3) is 0.133. The summed E-state index contributed by atoms with van der Waals surface area (Å²) in [5.74, 6) is 0.0174. The van der Waals surface area contributed by atoms with Crippen molar-refractivity contribution in [2.24, 2.45) is 0 Å². The standard InChI is InChI=1S/C15H16N2O2/c1-10-8-13(18)6-7-14(10)15(19)17(2)12-5-3-4-11(16)9-12/h3-9,18H,16H2,1-2H3. The van der Waals surface area contributed by atoms with Gasteiger partial charge in [0.25, 0.3) is 5.91 Å². The SMILES string of the molecule is Cc1cc(O)ccc1C(=O)N(C)c1cccc(N)c1. The van der Waals surface area contributed by atoms with Crippen LogP contribution in [-0.2, 0) is 0 Å². The summed E-state index contributed by atoms with van der Waals surface area (Å²) >= 11 is 0. The monoisotopic (exact) mass is 256 g/mol. The summed E-state index contributed by atoms with van der Waals surface area (Å²) < 4.78 is 0. The molecule has 0 fully saturated rings. The molecular formula is C15H16N2O2. The molecule has 0 unspecified atom stereocenters. The van der Waals surface area contributed by atoms with E-state index in [1.54, 1.807) is 44.3 Å². The lowest BCUT2D eigenvalue weighted by molar-refractivity contribution is 0.0992. The van der Waals surface area contributed by atoms with Crippen LogP contribution in [0.3, 0.4) is 0 Å². The van der Waals surface area contributed by atoms with Crippen LogP contribution in [0.1, 0.15) is 15.9 Å². The van der Waals surface area contributed by atoms with Gasteiger partial charge < -0.3 is 15.7 Å². The summed E-state index contributed by atoms with van der Waals surface area (Å²) in [7, 11) is 1.70. The van der Waals surface area contributed by atoms with Crippen LogP contribution in [-0.4, -0.2) is 18.1 Å². The van der Waals surface area contributed by atoms with Gasteiger partial charge in [0.05, 0.1) is 0 Å². The highest BCUT2D eigenvalue weighted by atomic mass is 16.3. The topological polar surface area (TPSA) is 66.6 Å². The lowest BCUT2D eigenvalue weighted by Crippen LogP contribution is -2.26. The first-order chi connectivity index (χ1) is 8.99. The van der Waals surface area contributed by atoms with Gasteiger partial charge in [-0.1, -0.05) is 6.07 Å². The van der Waals surface area contributed by atoms with Gasteiger partial charge in [-0.2, -0.15) is 0 Å². The number of benzene rings is 2. The van der Waals surface area contributed by atoms with Crippen LogP contribution in [0.4, 0.5) is 11.4 Å². The van der Waals surface area contributed by atoms with Gasteiger partial charge in [-0.15, -0.1) is 0 Å². The molecule has 0 radical (unpaired) electrons. The number of nitrogens with two attached hydrogens (primary N) is 1. The zero-order valence-electron chi connectivity index (χ0n) is 10.9. The van der Waals surface area contributed by atoms with E-state index in [0.717, 1.165) is 11.3 Å². The quantitative estimate of drug-likeness (QED) is 0.811. The molecule has 0 bridgehead atoms. The Kier molecular flexibility index (Phi) is 3.42. The van der Waals surface area contributed by atoms with Gasteiger partial charge in [0.2, 0.25) is 0 Å². The van der Waals surface area contributed by atoms with Gasteiger partial charge in [0.1, 0.15) is 5.75 Å². The van der Waals surface area contributed by atoms with Gasteiger partial charge >= 0.3 is 0 Å². The van der Waals surface area contributed by atoms with Crippen molar-refractivity contribution in [3.63, 3.8) is 0 Å². The molecule has 0 aliphatic rings. The Balaban J connectivity index is 2.33. The second-order valence-electron chi connectivity index (χ2n) is 4.46. The normalized spacial score (nSPS) is 10.2. The van der Waals surface area contributed by atoms with Crippen molar-refractivity contribution in [2.45, 2.75) is 6.92 Å². The highest BCUT2D eigenvalue weighted by Crippen LogP contribution is 2.21. The van der Waals surface area contributed by atoms with Crippen molar-refractivity contribution in [3.05, 3.63) is 53.6 Å². The average molecular weight is 256 g/mol. The summed E-state index contributed by atoms with van der Waals surface area (Å²) in [6.45, 7) is 1.79. The summed E-state index contributed by atoms with van der Waals surface area (Å²) in [6.07, 6.45) is 0. The molecule has 4 heteroatoms. The van der Waals surface area contributed by atoms with Gasteiger partial charge in [-0.25, -0.2) is 0 Å². The number of nitrogen functional groups attached to an aromatic ring is 1. The molecule has 0 atom stereocenters. The second-order valence-corrected chi connectivity index (χ2v) is 4.46. The van der Waals surface area contributed by atoms with E-state index in [4.69, 9.17) is 5.73 Å².